The molecule has 1 aromatic carbocycles. The maximum absolute atomic E-state index is 9.06. The molecule has 3 rings (SSSR count). The Morgan fingerprint density at radius 2 is 2.20 bits per heavy atom. The number of oxazole rings is 1. The molecule has 20 heavy (non-hydrogen) atoms. The molecular formula is C16H17NO3. The van der Waals surface area contributed by atoms with Crippen molar-refractivity contribution >= 4 is 11.1 Å². The summed E-state index contributed by atoms with van der Waals surface area (Å²) in [4.78, 5) is 4.45. The number of benzene rings is 1. The Morgan fingerprint density at radius 1 is 1.30 bits per heavy atom. The van der Waals surface area contributed by atoms with E-state index < -0.39 is 0 Å². The van der Waals surface area contributed by atoms with Gasteiger partial charge in [-0.3, -0.25) is 0 Å². The molecule has 4 heteroatoms. The first-order valence-electron chi connectivity index (χ1n) is 6.80. The lowest BCUT2D eigenvalue weighted by molar-refractivity contribution is 0.230. The van der Waals surface area contributed by atoms with Gasteiger partial charge in [0, 0.05) is 6.61 Å². The SMILES string of the molecule is CC(CO)CCc1ccc2oc(-c3ccco3)nc2c1. The van der Waals surface area contributed by atoms with Crippen LogP contribution in [-0.2, 0) is 6.42 Å². The third-order valence-corrected chi connectivity index (χ3v) is 3.42. The molecule has 0 spiro atoms. The summed E-state index contributed by atoms with van der Waals surface area (Å²) in [5, 5.41) is 9.06. The number of aliphatic hydroxyl groups excluding tert-OH is 1. The van der Waals surface area contributed by atoms with E-state index in [1.807, 2.05) is 37.3 Å². The Kier molecular flexibility index (Phi) is 3.56. The van der Waals surface area contributed by atoms with Crippen molar-refractivity contribution in [3.8, 4) is 11.7 Å². The average molecular weight is 271 g/mol. The van der Waals surface area contributed by atoms with Gasteiger partial charge in [-0.1, -0.05) is 13.0 Å². The fraction of sp³-hybridized carbons (Fsp3) is 0.312. The van der Waals surface area contributed by atoms with Crippen molar-refractivity contribution in [1.82, 2.24) is 4.98 Å². The van der Waals surface area contributed by atoms with E-state index >= 15 is 0 Å². The molecule has 0 aliphatic rings. The van der Waals surface area contributed by atoms with Gasteiger partial charge in [0.1, 0.15) is 5.52 Å². The van der Waals surface area contributed by atoms with Crippen molar-refractivity contribution < 1.29 is 13.9 Å². The van der Waals surface area contributed by atoms with E-state index in [1.165, 1.54) is 5.56 Å². The number of hydrogen-bond donors (Lipinski definition) is 1. The van der Waals surface area contributed by atoms with E-state index in [-0.39, 0.29) is 6.61 Å². The second-order valence-corrected chi connectivity index (χ2v) is 5.12. The van der Waals surface area contributed by atoms with E-state index in [9.17, 15) is 0 Å². The van der Waals surface area contributed by atoms with E-state index in [0.717, 1.165) is 23.9 Å². The summed E-state index contributed by atoms with van der Waals surface area (Å²) in [6, 6.07) is 9.66. The van der Waals surface area contributed by atoms with Crippen molar-refractivity contribution in [3.63, 3.8) is 0 Å². The zero-order chi connectivity index (χ0) is 13.9. The third kappa shape index (κ3) is 2.60. The van der Waals surface area contributed by atoms with Gasteiger partial charge in [-0.2, -0.15) is 0 Å². The molecule has 1 atom stereocenters. The van der Waals surface area contributed by atoms with Crippen molar-refractivity contribution in [1.29, 1.82) is 0 Å². The van der Waals surface area contributed by atoms with Crippen LogP contribution in [0.5, 0.6) is 0 Å². The van der Waals surface area contributed by atoms with E-state index in [0.29, 0.717) is 17.6 Å². The highest BCUT2D eigenvalue weighted by atomic mass is 16.4. The number of fused-ring (bicyclic) bond motifs is 1. The Bertz CT molecular complexity index is 685. The Hall–Kier alpha value is -2.07. The number of rotatable bonds is 5. The molecular weight excluding hydrogens is 254 g/mol. The summed E-state index contributed by atoms with van der Waals surface area (Å²) >= 11 is 0. The first-order chi connectivity index (χ1) is 9.76. The van der Waals surface area contributed by atoms with Gasteiger partial charge in [0.2, 0.25) is 0 Å². The van der Waals surface area contributed by atoms with Gasteiger partial charge in [-0.25, -0.2) is 4.98 Å². The molecule has 4 nitrogen and oxygen atoms in total. The molecule has 0 radical (unpaired) electrons. The fourth-order valence-electron chi connectivity index (χ4n) is 2.14. The number of nitrogens with zero attached hydrogens (tertiary/aromatic N) is 1. The number of aryl methyl sites for hydroxylation is 1. The van der Waals surface area contributed by atoms with Crippen LogP contribution in [0.3, 0.4) is 0 Å². The molecule has 0 aliphatic carbocycles. The first kappa shape index (κ1) is 12.9. The normalized spacial score (nSPS) is 12.9. The third-order valence-electron chi connectivity index (χ3n) is 3.42. The largest absolute Gasteiger partial charge is 0.459 e. The molecule has 0 fully saturated rings. The van der Waals surface area contributed by atoms with Crippen LogP contribution in [0, 0.1) is 5.92 Å². The van der Waals surface area contributed by atoms with Crippen LogP contribution in [0.15, 0.2) is 45.4 Å². The van der Waals surface area contributed by atoms with Gasteiger partial charge >= 0.3 is 0 Å². The minimum atomic E-state index is 0.231. The van der Waals surface area contributed by atoms with Crippen molar-refractivity contribution in [2.75, 3.05) is 6.61 Å². The minimum absolute atomic E-state index is 0.231. The maximum Gasteiger partial charge on any atom is 0.263 e. The first-order valence-corrected chi connectivity index (χ1v) is 6.80. The molecule has 3 aromatic rings. The number of aromatic nitrogens is 1. The van der Waals surface area contributed by atoms with E-state index in [4.69, 9.17) is 13.9 Å². The highest BCUT2D eigenvalue weighted by Gasteiger charge is 2.11. The molecule has 2 heterocycles. The van der Waals surface area contributed by atoms with Crippen LogP contribution in [0.4, 0.5) is 0 Å². The standard InChI is InChI=1S/C16H17NO3/c1-11(10-18)4-5-12-6-7-14-13(9-12)17-16(20-14)15-3-2-8-19-15/h2-3,6-9,11,18H,4-5,10H2,1H3. The predicted molar refractivity (Wildman–Crippen MR) is 76.3 cm³/mol. The van der Waals surface area contributed by atoms with Crippen LogP contribution in [0.25, 0.3) is 22.8 Å². The molecule has 0 saturated heterocycles. The van der Waals surface area contributed by atoms with Crippen LogP contribution in [0.2, 0.25) is 0 Å². The second kappa shape index (κ2) is 5.51. The quantitative estimate of drug-likeness (QED) is 0.769. The summed E-state index contributed by atoms with van der Waals surface area (Å²) in [5.74, 6) is 1.46. The van der Waals surface area contributed by atoms with Crippen molar-refractivity contribution in [2.24, 2.45) is 5.92 Å². The summed E-state index contributed by atoms with van der Waals surface area (Å²) in [5.41, 5.74) is 2.80. The number of aliphatic hydroxyl groups is 1. The highest BCUT2D eigenvalue weighted by Crippen LogP contribution is 2.25. The fourth-order valence-corrected chi connectivity index (χ4v) is 2.14. The monoisotopic (exact) mass is 271 g/mol. The summed E-state index contributed by atoms with van der Waals surface area (Å²) < 4.78 is 11.0. The minimum Gasteiger partial charge on any atom is -0.459 e. The second-order valence-electron chi connectivity index (χ2n) is 5.12. The lowest BCUT2D eigenvalue weighted by Gasteiger charge is -2.06. The average Bonchev–Trinajstić information content (AvgIpc) is 3.12. The van der Waals surface area contributed by atoms with Crippen LogP contribution in [0.1, 0.15) is 18.9 Å². The van der Waals surface area contributed by atoms with Gasteiger partial charge < -0.3 is 13.9 Å². The Morgan fingerprint density at radius 3 is 2.95 bits per heavy atom. The smallest absolute Gasteiger partial charge is 0.263 e. The summed E-state index contributed by atoms with van der Waals surface area (Å²) in [7, 11) is 0. The van der Waals surface area contributed by atoms with Gasteiger partial charge in [0.15, 0.2) is 11.3 Å². The molecule has 0 amide bonds. The van der Waals surface area contributed by atoms with Gasteiger partial charge in [-0.05, 0) is 48.6 Å². The van der Waals surface area contributed by atoms with Gasteiger partial charge in [0.25, 0.3) is 5.89 Å². The predicted octanol–water partition coefficient (Wildman–Crippen LogP) is 3.65. The molecule has 2 aromatic heterocycles. The maximum atomic E-state index is 9.06. The lowest BCUT2D eigenvalue weighted by atomic mass is 10.0. The van der Waals surface area contributed by atoms with E-state index in [2.05, 4.69) is 4.98 Å². The molecule has 0 aliphatic heterocycles. The summed E-state index contributed by atoms with van der Waals surface area (Å²) in [6.45, 7) is 2.28. The van der Waals surface area contributed by atoms with E-state index in [1.54, 1.807) is 6.26 Å². The Balaban J connectivity index is 1.84. The van der Waals surface area contributed by atoms with Crippen LogP contribution in [-0.4, -0.2) is 16.7 Å². The van der Waals surface area contributed by atoms with Gasteiger partial charge in [-0.15, -0.1) is 0 Å². The van der Waals surface area contributed by atoms with Gasteiger partial charge in [0.05, 0.1) is 6.26 Å². The molecule has 104 valence electrons. The highest BCUT2D eigenvalue weighted by molar-refractivity contribution is 5.76. The zero-order valence-electron chi connectivity index (χ0n) is 11.4. The molecule has 0 bridgehead atoms. The Labute approximate surface area is 117 Å². The molecule has 1 N–H and O–H groups in total. The molecule has 1 unspecified atom stereocenters. The lowest BCUT2D eigenvalue weighted by Crippen LogP contribution is -2.02. The summed E-state index contributed by atoms with van der Waals surface area (Å²) in [6.07, 6.45) is 3.50. The molecule has 0 saturated carbocycles. The topological polar surface area (TPSA) is 59.4 Å². The van der Waals surface area contributed by atoms with Crippen molar-refractivity contribution in [2.45, 2.75) is 19.8 Å². The number of furan rings is 1. The zero-order valence-corrected chi connectivity index (χ0v) is 11.4. The van der Waals surface area contributed by atoms with Crippen LogP contribution >= 0.6 is 0 Å². The number of hydrogen-bond acceptors (Lipinski definition) is 4. The van der Waals surface area contributed by atoms with Crippen LogP contribution < -0.4 is 0 Å². The van der Waals surface area contributed by atoms with Crippen molar-refractivity contribution in [3.05, 3.63) is 42.2 Å².